The second-order valence-corrected chi connectivity index (χ2v) is 5.77. The van der Waals surface area contributed by atoms with Gasteiger partial charge in [-0.2, -0.15) is 5.10 Å². The Hall–Kier alpha value is -1.81. The van der Waals surface area contributed by atoms with Gasteiger partial charge in [-0.25, -0.2) is 4.68 Å². The van der Waals surface area contributed by atoms with Crippen LogP contribution in [-0.2, 0) is 0 Å². The van der Waals surface area contributed by atoms with E-state index in [1.807, 2.05) is 35.2 Å². The lowest BCUT2D eigenvalue weighted by atomic mass is 10.1. The van der Waals surface area contributed by atoms with Crippen LogP contribution in [0.5, 0.6) is 0 Å². The van der Waals surface area contributed by atoms with Gasteiger partial charge >= 0.3 is 0 Å². The van der Waals surface area contributed by atoms with Gasteiger partial charge in [0.05, 0.1) is 17.4 Å². The summed E-state index contributed by atoms with van der Waals surface area (Å²) in [6, 6.07) is 9.80. The number of hydrogen-bond acceptors (Lipinski definition) is 2. The van der Waals surface area contributed by atoms with Crippen LogP contribution in [0.4, 0.5) is 0 Å². The Balaban J connectivity index is 1.70. The monoisotopic (exact) mass is 303 g/mol. The van der Waals surface area contributed by atoms with Crippen molar-refractivity contribution >= 4 is 17.5 Å². The largest absolute Gasteiger partial charge is 0.338 e. The number of carbonyl (C=O) groups excluding carboxylic acids is 1. The summed E-state index contributed by atoms with van der Waals surface area (Å²) in [6.07, 6.45) is 5.47. The average molecular weight is 304 g/mol. The van der Waals surface area contributed by atoms with Crippen molar-refractivity contribution in [1.29, 1.82) is 0 Å². The summed E-state index contributed by atoms with van der Waals surface area (Å²) < 4.78 is 1.74. The summed E-state index contributed by atoms with van der Waals surface area (Å²) >= 11 is 5.78. The molecule has 3 rings (SSSR count). The molecule has 1 aromatic carbocycles. The van der Waals surface area contributed by atoms with E-state index in [0.717, 1.165) is 31.6 Å². The van der Waals surface area contributed by atoms with Crippen molar-refractivity contribution in [2.75, 3.05) is 19.0 Å². The molecule has 2 heterocycles. The van der Waals surface area contributed by atoms with Gasteiger partial charge in [0.2, 0.25) is 0 Å². The molecule has 21 heavy (non-hydrogen) atoms. The van der Waals surface area contributed by atoms with E-state index in [2.05, 4.69) is 5.10 Å². The first-order chi connectivity index (χ1) is 10.3. The topological polar surface area (TPSA) is 38.1 Å². The van der Waals surface area contributed by atoms with Gasteiger partial charge in [0.1, 0.15) is 0 Å². The lowest BCUT2D eigenvalue weighted by Crippen LogP contribution is -2.28. The minimum Gasteiger partial charge on any atom is -0.338 e. The number of benzene rings is 1. The third-order valence-corrected chi connectivity index (χ3v) is 4.16. The van der Waals surface area contributed by atoms with Crippen LogP contribution in [0.25, 0.3) is 5.69 Å². The summed E-state index contributed by atoms with van der Waals surface area (Å²) in [5.74, 6) is 1.27. The summed E-state index contributed by atoms with van der Waals surface area (Å²) in [6.45, 7) is 1.62. The number of para-hydroxylation sites is 1. The summed E-state index contributed by atoms with van der Waals surface area (Å²) in [4.78, 5) is 14.4. The Bertz CT molecular complexity index is 611. The molecule has 1 unspecified atom stereocenters. The number of likely N-dealkylation sites (tertiary alicyclic amines) is 1. The number of aromatic nitrogens is 2. The van der Waals surface area contributed by atoms with Gasteiger partial charge in [-0.15, -0.1) is 11.6 Å². The highest BCUT2D eigenvalue weighted by molar-refractivity contribution is 6.17. The highest BCUT2D eigenvalue weighted by Gasteiger charge is 2.27. The molecule has 0 N–H and O–H groups in total. The molecule has 1 aliphatic rings. The fourth-order valence-corrected chi connectivity index (χ4v) is 3.05. The number of nitrogens with zero attached hydrogens (tertiary/aromatic N) is 3. The Kier molecular flexibility index (Phi) is 4.25. The number of amides is 1. The third-order valence-electron chi connectivity index (χ3n) is 3.94. The average Bonchev–Trinajstić information content (AvgIpc) is 3.17. The van der Waals surface area contributed by atoms with Gasteiger partial charge in [-0.1, -0.05) is 18.2 Å². The zero-order chi connectivity index (χ0) is 14.7. The van der Waals surface area contributed by atoms with E-state index in [1.165, 1.54) is 0 Å². The first-order valence-electron chi connectivity index (χ1n) is 7.23. The zero-order valence-electron chi connectivity index (χ0n) is 11.8. The SMILES string of the molecule is O=C(c1cnn(-c2ccccc2)c1)N1CCC(CCCl)C1. The van der Waals surface area contributed by atoms with Gasteiger partial charge in [-0.3, -0.25) is 4.79 Å². The van der Waals surface area contributed by atoms with Gasteiger partial charge in [0.25, 0.3) is 5.91 Å². The molecule has 0 bridgehead atoms. The van der Waals surface area contributed by atoms with Crippen molar-refractivity contribution in [2.24, 2.45) is 5.92 Å². The molecule has 1 saturated heterocycles. The van der Waals surface area contributed by atoms with Gasteiger partial charge < -0.3 is 4.90 Å². The second-order valence-electron chi connectivity index (χ2n) is 5.39. The molecule has 0 radical (unpaired) electrons. The summed E-state index contributed by atoms with van der Waals surface area (Å²) in [7, 11) is 0. The molecule has 0 aliphatic carbocycles. The molecule has 4 nitrogen and oxygen atoms in total. The normalized spacial score (nSPS) is 18.1. The van der Waals surface area contributed by atoms with E-state index in [-0.39, 0.29) is 5.91 Å². The van der Waals surface area contributed by atoms with Crippen LogP contribution in [0, 0.1) is 5.92 Å². The maximum Gasteiger partial charge on any atom is 0.257 e. The van der Waals surface area contributed by atoms with E-state index in [1.54, 1.807) is 17.1 Å². The summed E-state index contributed by atoms with van der Waals surface area (Å²) in [5, 5.41) is 4.28. The predicted molar refractivity (Wildman–Crippen MR) is 82.9 cm³/mol. The smallest absolute Gasteiger partial charge is 0.257 e. The van der Waals surface area contributed by atoms with Crippen molar-refractivity contribution < 1.29 is 4.79 Å². The first kappa shape index (κ1) is 14.1. The molecule has 0 saturated carbocycles. The first-order valence-corrected chi connectivity index (χ1v) is 7.76. The number of hydrogen-bond donors (Lipinski definition) is 0. The van der Waals surface area contributed by atoms with Crippen LogP contribution < -0.4 is 0 Å². The predicted octanol–water partition coefficient (Wildman–Crippen LogP) is 2.96. The summed E-state index contributed by atoms with van der Waals surface area (Å²) in [5.41, 5.74) is 1.60. The van der Waals surface area contributed by atoms with Crippen LogP contribution in [0.1, 0.15) is 23.2 Å². The molecule has 1 amide bonds. The Morgan fingerprint density at radius 2 is 2.14 bits per heavy atom. The number of alkyl halides is 1. The van der Waals surface area contributed by atoms with Crippen LogP contribution in [0.15, 0.2) is 42.7 Å². The highest BCUT2D eigenvalue weighted by atomic mass is 35.5. The minimum absolute atomic E-state index is 0.0641. The quantitative estimate of drug-likeness (QED) is 0.815. The lowest BCUT2D eigenvalue weighted by Gasteiger charge is -2.15. The zero-order valence-corrected chi connectivity index (χ0v) is 12.5. The van der Waals surface area contributed by atoms with Crippen molar-refractivity contribution in [3.05, 3.63) is 48.3 Å². The molecule has 5 heteroatoms. The van der Waals surface area contributed by atoms with Crippen molar-refractivity contribution in [3.63, 3.8) is 0 Å². The van der Waals surface area contributed by atoms with Crippen molar-refractivity contribution in [3.8, 4) is 5.69 Å². The molecule has 1 atom stereocenters. The maximum absolute atomic E-state index is 12.5. The van der Waals surface area contributed by atoms with E-state index >= 15 is 0 Å². The molecular formula is C16H18ClN3O. The van der Waals surface area contributed by atoms with Crippen LogP contribution in [-0.4, -0.2) is 39.6 Å². The fourth-order valence-electron chi connectivity index (χ4n) is 2.74. The van der Waals surface area contributed by atoms with Gasteiger partial charge in [-0.05, 0) is 30.9 Å². The van der Waals surface area contributed by atoms with Crippen LogP contribution in [0.2, 0.25) is 0 Å². The van der Waals surface area contributed by atoms with E-state index in [0.29, 0.717) is 17.4 Å². The van der Waals surface area contributed by atoms with Crippen LogP contribution in [0.3, 0.4) is 0 Å². The Morgan fingerprint density at radius 1 is 1.33 bits per heavy atom. The molecule has 110 valence electrons. The van der Waals surface area contributed by atoms with Crippen LogP contribution >= 0.6 is 11.6 Å². The molecular weight excluding hydrogens is 286 g/mol. The Morgan fingerprint density at radius 3 is 2.90 bits per heavy atom. The van der Waals surface area contributed by atoms with E-state index < -0.39 is 0 Å². The molecule has 1 aliphatic heterocycles. The lowest BCUT2D eigenvalue weighted by molar-refractivity contribution is 0.0787. The highest BCUT2D eigenvalue weighted by Crippen LogP contribution is 2.22. The standard InChI is InChI=1S/C16H18ClN3O/c17-8-6-13-7-9-19(11-13)16(21)14-10-18-20(12-14)15-4-2-1-3-5-15/h1-5,10,12-13H,6-9,11H2. The second kappa shape index (κ2) is 6.31. The maximum atomic E-state index is 12.5. The number of rotatable bonds is 4. The molecule has 2 aromatic rings. The van der Waals surface area contributed by atoms with Crippen molar-refractivity contribution in [1.82, 2.24) is 14.7 Å². The molecule has 1 fully saturated rings. The molecule has 0 spiro atoms. The van der Waals surface area contributed by atoms with E-state index in [4.69, 9.17) is 11.6 Å². The molecule has 1 aromatic heterocycles. The fraction of sp³-hybridized carbons (Fsp3) is 0.375. The number of carbonyl (C=O) groups is 1. The number of halogens is 1. The Labute approximate surface area is 129 Å². The van der Waals surface area contributed by atoms with E-state index in [9.17, 15) is 4.79 Å². The third kappa shape index (κ3) is 3.10. The van der Waals surface area contributed by atoms with Gasteiger partial charge in [0.15, 0.2) is 0 Å². The van der Waals surface area contributed by atoms with Gasteiger partial charge in [0, 0.05) is 25.2 Å². The minimum atomic E-state index is 0.0641. The van der Waals surface area contributed by atoms with Crippen molar-refractivity contribution in [2.45, 2.75) is 12.8 Å².